The fraction of sp³-hybridized carbons (Fsp3) is 0.349. The molecule has 0 unspecified atom stereocenters. The lowest BCUT2D eigenvalue weighted by molar-refractivity contribution is -0.679. The highest BCUT2D eigenvalue weighted by Gasteiger charge is 2.38. The lowest BCUT2D eigenvalue weighted by Crippen LogP contribution is -2.43. The Balaban J connectivity index is 1.51. The van der Waals surface area contributed by atoms with Crippen molar-refractivity contribution in [2.24, 2.45) is 0 Å². The van der Waals surface area contributed by atoms with Gasteiger partial charge in [0, 0.05) is 40.1 Å². The molecule has 2 aromatic carbocycles. The van der Waals surface area contributed by atoms with Crippen molar-refractivity contribution in [2.75, 3.05) is 0 Å². The van der Waals surface area contributed by atoms with Gasteiger partial charge in [0.05, 0.1) is 23.1 Å². The first-order valence-corrected chi connectivity index (χ1v) is 17.3. The van der Waals surface area contributed by atoms with Crippen LogP contribution >= 0.6 is 0 Å². The van der Waals surface area contributed by atoms with Crippen LogP contribution in [-0.4, -0.2) is 9.13 Å². The number of pyridine rings is 3. The van der Waals surface area contributed by atoms with Crippen molar-refractivity contribution in [3.05, 3.63) is 107 Å². The SMILES string of the molecule is Cc1ccc2n1Cc1c3c4c(cc(C(C)(C)C)cc4c4ccc5c6cc(C(C)(C)C)ccc6n-2c5[n+]14)-c1cc(C(C)(C)C)cc[n+]1C3. The van der Waals surface area contributed by atoms with Crippen molar-refractivity contribution < 1.29 is 8.97 Å². The number of rotatable bonds is 0. The fourth-order valence-electron chi connectivity index (χ4n) is 8.28. The molecule has 4 nitrogen and oxygen atoms in total. The smallest absolute Gasteiger partial charge is 0.301 e. The summed E-state index contributed by atoms with van der Waals surface area (Å²) in [5.41, 5.74) is 14.9. The van der Waals surface area contributed by atoms with Gasteiger partial charge in [0.2, 0.25) is 11.5 Å². The molecule has 7 aromatic rings. The number of benzene rings is 2. The van der Waals surface area contributed by atoms with E-state index in [0.717, 1.165) is 13.1 Å². The van der Waals surface area contributed by atoms with E-state index in [0.29, 0.717) is 0 Å². The first-order valence-electron chi connectivity index (χ1n) is 17.3. The Morgan fingerprint density at radius 1 is 0.660 bits per heavy atom. The molecule has 0 amide bonds. The number of nitrogens with zero attached hydrogens (tertiary/aromatic N) is 4. The van der Waals surface area contributed by atoms with Crippen LogP contribution in [0.1, 0.15) is 96.0 Å². The Bertz CT molecular complexity index is 2520. The van der Waals surface area contributed by atoms with Gasteiger partial charge in [0.1, 0.15) is 16.7 Å². The minimum Gasteiger partial charge on any atom is -0.305 e. The van der Waals surface area contributed by atoms with Crippen LogP contribution < -0.4 is 8.97 Å². The normalized spacial score (nSPS) is 14.4. The zero-order valence-electron chi connectivity index (χ0n) is 29.6. The molecular formula is C43H46N4+2. The maximum atomic E-state index is 2.64. The van der Waals surface area contributed by atoms with Gasteiger partial charge in [-0.1, -0.05) is 68.4 Å². The molecule has 0 saturated heterocycles. The van der Waals surface area contributed by atoms with E-state index in [-0.39, 0.29) is 16.2 Å². The summed E-state index contributed by atoms with van der Waals surface area (Å²) in [6.07, 6.45) is 2.34. The molecule has 2 aliphatic rings. The maximum Gasteiger partial charge on any atom is 0.301 e. The third-order valence-corrected chi connectivity index (χ3v) is 11.1. The van der Waals surface area contributed by atoms with E-state index in [4.69, 9.17) is 0 Å². The summed E-state index contributed by atoms with van der Waals surface area (Å²) in [6.45, 7) is 24.9. The van der Waals surface area contributed by atoms with Gasteiger partial charge in [-0.3, -0.25) is 0 Å². The van der Waals surface area contributed by atoms with Crippen molar-refractivity contribution in [3.8, 4) is 17.1 Å². The summed E-state index contributed by atoms with van der Waals surface area (Å²) in [5.74, 6) is 1.24. The molecule has 2 aliphatic heterocycles. The van der Waals surface area contributed by atoms with Gasteiger partial charge in [0.15, 0.2) is 12.7 Å². The van der Waals surface area contributed by atoms with Crippen LogP contribution in [0.4, 0.5) is 0 Å². The summed E-state index contributed by atoms with van der Waals surface area (Å²) in [6, 6.07) is 26.4. The van der Waals surface area contributed by atoms with E-state index in [1.54, 1.807) is 0 Å². The zero-order chi connectivity index (χ0) is 32.9. The molecule has 4 heteroatoms. The Hall–Kier alpha value is -4.44. The molecule has 9 rings (SSSR count). The molecule has 0 atom stereocenters. The standard InChI is InChI=1S/C43H46N4/c1-25-11-16-38-45(25)24-37-33-23-44-18-17-27(42(5,6)7)22-36(44)32-21-28(43(8,9)10)20-31(39(32)33)35-15-13-29-30-19-26(41(2,3)4)12-14-34(30)47(38)40(29)46(35)37/h11-22H,23-24H2,1-10H3/q+2. The van der Waals surface area contributed by atoms with Gasteiger partial charge in [0.25, 0.3) is 0 Å². The Morgan fingerprint density at radius 3 is 2.09 bits per heavy atom. The van der Waals surface area contributed by atoms with Gasteiger partial charge in [-0.2, -0.15) is 13.5 Å². The lowest BCUT2D eigenvalue weighted by atomic mass is 9.80. The second kappa shape index (κ2) is 8.92. The maximum absolute atomic E-state index is 2.64. The first kappa shape index (κ1) is 28.8. The second-order valence-corrected chi connectivity index (χ2v) is 17.3. The molecule has 5 aromatic heterocycles. The summed E-state index contributed by atoms with van der Waals surface area (Å²) in [5, 5.41) is 5.42. The molecule has 0 radical (unpaired) electrons. The first-order chi connectivity index (χ1) is 22.1. The third-order valence-electron chi connectivity index (χ3n) is 11.1. The Morgan fingerprint density at radius 2 is 1.36 bits per heavy atom. The lowest BCUT2D eigenvalue weighted by Gasteiger charge is -2.26. The number of hydrogen-bond acceptors (Lipinski definition) is 0. The van der Waals surface area contributed by atoms with Gasteiger partial charge in [-0.25, -0.2) is 0 Å². The van der Waals surface area contributed by atoms with Crippen molar-refractivity contribution in [3.63, 3.8) is 0 Å². The molecule has 0 aliphatic carbocycles. The van der Waals surface area contributed by atoms with E-state index >= 15 is 0 Å². The van der Waals surface area contributed by atoms with E-state index in [9.17, 15) is 0 Å². The van der Waals surface area contributed by atoms with Gasteiger partial charge in [-0.05, 0) is 82.3 Å². The molecule has 0 N–H and O–H groups in total. The van der Waals surface area contributed by atoms with Crippen molar-refractivity contribution in [1.29, 1.82) is 0 Å². The summed E-state index contributed by atoms with van der Waals surface area (Å²) in [4.78, 5) is 0. The third kappa shape index (κ3) is 3.87. The molecule has 7 heterocycles. The van der Waals surface area contributed by atoms with Gasteiger partial charge >= 0.3 is 5.65 Å². The monoisotopic (exact) mass is 618 g/mol. The zero-order valence-corrected chi connectivity index (χ0v) is 29.6. The van der Waals surface area contributed by atoms with Gasteiger partial charge < -0.3 is 4.57 Å². The molecule has 0 spiro atoms. The molecule has 0 bridgehead atoms. The predicted octanol–water partition coefficient (Wildman–Crippen LogP) is 9.36. The number of aryl methyl sites for hydroxylation is 1. The highest BCUT2D eigenvalue weighted by molar-refractivity contribution is 6.10. The Labute approximate surface area is 277 Å². The minimum atomic E-state index is 0.0101. The molecule has 236 valence electrons. The largest absolute Gasteiger partial charge is 0.305 e. The van der Waals surface area contributed by atoms with Crippen LogP contribution in [0.5, 0.6) is 0 Å². The number of fused-ring (bicyclic) bond motifs is 9. The van der Waals surface area contributed by atoms with Crippen LogP contribution in [-0.2, 0) is 29.3 Å². The molecule has 0 fully saturated rings. The molecule has 0 saturated carbocycles. The van der Waals surface area contributed by atoms with Gasteiger partial charge in [-0.15, -0.1) is 0 Å². The highest BCUT2D eigenvalue weighted by Crippen LogP contribution is 2.43. The van der Waals surface area contributed by atoms with E-state index in [1.807, 2.05) is 0 Å². The van der Waals surface area contributed by atoms with E-state index in [2.05, 4.69) is 160 Å². The average molecular weight is 619 g/mol. The fourth-order valence-corrected chi connectivity index (χ4v) is 8.28. The van der Waals surface area contributed by atoms with Crippen molar-refractivity contribution in [1.82, 2.24) is 9.13 Å². The summed E-state index contributed by atoms with van der Waals surface area (Å²) >= 11 is 0. The quantitative estimate of drug-likeness (QED) is 0.119. The van der Waals surface area contributed by atoms with Crippen LogP contribution in [0.25, 0.3) is 55.3 Å². The van der Waals surface area contributed by atoms with Crippen LogP contribution in [0, 0.1) is 6.92 Å². The number of hydrogen-bond donors (Lipinski definition) is 0. The minimum absolute atomic E-state index is 0.0101. The second-order valence-electron chi connectivity index (χ2n) is 17.3. The van der Waals surface area contributed by atoms with Crippen molar-refractivity contribution >= 4 is 38.2 Å². The summed E-state index contributed by atoms with van der Waals surface area (Å²) < 4.78 is 10.2. The van der Waals surface area contributed by atoms with E-state index < -0.39 is 0 Å². The van der Waals surface area contributed by atoms with Crippen LogP contribution in [0.15, 0.2) is 72.9 Å². The van der Waals surface area contributed by atoms with Crippen LogP contribution in [0.3, 0.4) is 0 Å². The summed E-state index contributed by atoms with van der Waals surface area (Å²) in [7, 11) is 0. The Kier molecular flexibility index (Phi) is 5.46. The average Bonchev–Trinajstić information content (AvgIpc) is 3.47. The molecule has 47 heavy (non-hydrogen) atoms. The van der Waals surface area contributed by atoms with Crippen LogP contribution in [0.2, 0.25) is 0 Å². The molecular weight excluding hydrogens is 573 g/mol. The topological polar surface area (TPSA) is 17.8 Å². The predicted molar refractivity (Wildman–Crippen MR) is 194 cm³/mol. The van der Waals surface area contributed by atoms with Crippen molar-refractivity contribution in [2.45, 2.75) is 98.6 Å². The highest BCUT2D eigenvalue weighted by atomic mass is 15.2. The number of aromatic nitrogens is 4. The van der Waals surface area contributed by atoms with E-state index in [1.165, 1.54) is 88.9 Å².